The summed E-state index contributed by atoms with van der Waals surface area (Å²) < 4.78 is 23.3. The molecule has 2 aromatic carbocycles. The zero-order chi connectivity index (χ0) is 21.2. The third-order valence-electron chi connectivity index (χ3n) is 4.92. The Morgan fingerprint density at radius 1 is 1.00 bits per heavy atom. The van der Waals surface area contributed by atoms with Crippen LogP contribution in [0.4, 0.5) is 0 Å². The molecule has 0 aromatic heterocycles. The third kappa shape index (κ3) is 4.54. The van der Waals surface area contributed by atoms with Crippen molar-refractivity contribution in [3.63, 3.8) is 0 Å². The molecule has 3 amide bonds. The molecule has 1 atom stereocenters. The molecule has 1 heterocycles. The van der Waals surface area contributed by atoms with E-state index in [4.69, 9.17) is 0 Å². The van der Waals surface area contributed by atoms with Crippen LogP contribution in [0.5, 0.6) is 0 Å². The highest BCUT2D eigenvalue weighted by Gasteiger charge is 2.42. The van der Waals surface area contributed by atoms with Gasteiger partial charge in [0.05, 0.1) is 16.9 Å². The van der Waals surface area contributed by atoms with Crippen LogP contribution in [-0.4, -0.2) is 49.1 Å². The fraction of sp³-hybridized carbons (Fsp3) is 0.286. The van der Waals surface area contributed by atoms with Gasteiger partial charge in [0.2, 0.25) is 5.91 Å². The van der Waals surface area contributed by atoms with Crippen molar-refractivity contribution in [3.8, 4) is 0 Å². The van der Waals surface area contributed by atoms with E-state index in [9.17, 15) is 22.8 Å². The fourth-order valence-electron chi connectivity index (χ4n) is 3.30. The number of nitrogens with zero attached hydrogens (tertiary/aromatic N) is 1. The molecule has 0 saturated heterocycles. The minimum Gasteiger partial charge on any atom is -0.350 e. The molecule has 3 rings (SSSR count). The molecule has 1 aliphatic rings. The molecule has 0 spiro atoms. The lowest BCUT2D eigenvalue weighted by Crippen LogP contribution is -2.50. The molecule has 0 fully saturated rings. The first-order valence-electron chi connectivity index (χ1n) is 9.16. The highest BCUT2D eigenvalue weighted by atomic mass is 32.2. The van der Waals surface area contributed by atoms with E-state index in [1.165, 1.54) is 12.1 Å². The predicted octanol–water partition coefficient (Wildman–Crippen LogP) is 1.71. The summed E-state index contributed by atoms with van der Waals surface area (Å²) in [6.45, 7) is 2.12. The van der Waals surface area contributed by atoms with Gasteiger partial charge in [0.25, 0.3) is 11.8 Å². The number of nitrogens with one attached hydrogen (secondary N) is 1. The largest absolute Gasteiger partial charge is 0.350 e. The maximum Gasteiger partial charge on any atom is 0.262 e. The van der Waals surface area contributed by atoms with Gasteiger partial charge in [-0.15, -0.1) is 0 Å². The number of amides is 3. The summed E-state index contributed by atoms with van der Waals surface area (Å²) in [4.78, 5) is 39.4. The Hall–Kier alpha value is -3.00. The average molecular weight is 414 g/mol. The molecular weight excluding hydrogens is 392 g/mol. The van der Waals surface area contributed by atoms with Crippen molar-refractivity contribution in [1.29, 1.82) is 0 Å². The van der Waals surface area contributed by atoms with Crippen molar-refractivity contribution >= 4 is 27.6 Å². The Labute approximate surface area is 169 Å². The van der Waals surface area contributed by atoms with Gasteiger partial charge >= 0.3 is 0 Å². The summed E-state index contributed by atoms with van der Waals surface area (Å²) in [5, 5.41) is 2.74. The van der Waals surface area contributed by atoms with Crippen LogP contribution in [0, 0.1) is 6.92 Å². The Kier molecular flexibility index (Phi) is 5.83. The van der Waals surface area contributed by atoms with E-state index in [1.807, 2.05) is 31.2 Å². The highest BCUT2D eigenvalue weighted by molar-refractivity contribution is 7.90. The number of fused-ring (bicyclic) bond motifs is 1. The van der Waals surface area contributed by atoms with E-state index in [1.54, 1.807) is 12.1 Å². The maximum atomic E-state index is 12.9. The number of benzene rings is 2. The highest BCUT2D eigenvalue weighted by Crippen LogP contribution is 2.26. The van der Waals surface area contributed by atoms with Crippen LogP contribution in [0.25, 0.3) is 0 Å². The topological polar surface area (TPSA) is 101 Å². The second kappa shape index (κ2) is 8.16. The molecule has 1 aliphatic heterocycles. The molecule has 0 aliphatic carbocycles. The number of hydrogen-bond acceptors (Lipinski definition) is 5. The quantitative estimate of drug-likeness (QED) is 0.695. The van der Waals surface area contributed by atoms with Gasteiger partial charge in [-0.3, -0.25) is 19.3 Å². The molecular formula is C21H22N2O5S. The van der Waals surface area contributed by atoms with Gasteiger partial charge in [-0.25, -0.2) is 8.42 Å². The van der Waals surface area contributed by atoms with Crippen LogP contribution in [0.15, 0.2) is 48.5 Å². The van der Waals surface area contributed by atoms with Gasteiger partial charge in [0, 0.05) is 12.8 Å². The summed E-state index contributed by atoms with van der Waals surface area (Å²) in [6, 6.07) is 12.6. The molecule has 0 saturated carbocycles. The summed E-state index contributed by atoms with van der Waals surface area (Å²) in [6.07, 6.45) is 0.890. The zero-order valence-corrected chi connectivity index (χ0v) is 17.0. The molecule has 8 heteroatoms. The zero-order valence-electron chi connectivity index (χ0n) is 16.2. The van der Waals surface area contributed by atoms with Gasteiger partial charge in [-0.1, -0.05) is 36.4 Å². The molecule has 2 aromatic rings. The number of aryl methyl sites for hydroxylation is 1. The monoisotopic (exact) mass is 414 g/mol. The minimum absolute atomic E-state index is 0.163. The van der Waals surface area contributed by atoms with E-state index < -0.39 is 33.6 Å². The van der Waals surface area contributed by atoms with Crippen molar-refractivity contribution in [2.45, 2.75) is 25.9 Å². The third-order valence-corrected chi connectivity index (χ3v) is 5.89. The Morgan fingerprint density at radius 2 is 1.55 bits per heavy atom. The predicted molar refractivity (Wildman–Crippen MR) is 108 cm³/mol. The Balaban J connectivity index is 1.85. The van der Waals surface area contributed by atoms with Gasteiger partial charge in [0.15, 0.2) is 0 Å². The first-order valence-corrected chi connectivity index (χ1v) is 11.2. The summed E-state index contributed by atoms with van der Waals surface area (Å²) >= 11 is 0. The number of rotatable bonds is 7. The molecule has 0 radical (unpaired) electrons. The Bertz CT molecular complexity index is 1040. The number of carbonyl (C=O) groups is 3. The van der Waals surface area contributed by atoms with Crippen molar-refractivity contribution in [3.05, 3.63) is 70.8 Å². The second-order valence-corrected chi connectivity index (χ2v) is 9.36. The number of carbonyl (C=O) groups excluding carboxylic acids is 3. The molecule has 7 nitrogen and oxygen atoms in total. The lowest BCUT2D eigenvalue weighted by molar-refractivity contribution is -0.125. The van der Waals surface area contributed by atoms with Crippen LogP contribution in [0.1, 0.15) is 38.3 Å². The Morgan fingerprint density at radius 3 is 2.10 bits per heavy atom. The SMILES string of the molecule is Cc1ccccc1CNC(=O)[C@H](CCS(C)(=O)=O)N1C(=O)c2ccccc2C1=O. The first kappa shape index (κ1) is 20.7. The van der Waals surface area contributed by atoms with E-state index in [-0.39, 0.29) is 29.8 Å². The van der Waals surface area contributed by atoms with Gasteiger partial charge < -0.3 is 5.32 Å². The van der Waals surface area contributed by atoms with Crippen LogP contribution in [-0.2, 0) is 21.2 Å². The van der Waals surface area contributed by atoms with Crippen molar-refractivity contribution < 1.29 is 22.8 Å². The fourth-order valence-corrected chi connectivity index (χ4v) is 3.95. The maximum absolute atomic E-state index is 12.9. The van der Waals surface area contributed by atoms with Gasteiger partial charge in [-0.05, 0) is 36.6 Å². The van der Waals surface area contributed by atoms with Gasteiger partial charge in [0.1, 0.15) is 15.9 Å². The lowest BCUT2D eigenvalue weighted by Gasteiger charge is -2.25. The average Bonchev–Trinajstić information content (AvgIpc) is 2.92. The van der Waals surface area contributed by atoms with Crippen LogP contribution < -0.4 is 5.32 Å². The summed E-state index contributed by atoms with van der Waals surface area (Å²) in [7, 11) is -3.39. The smallest absolute Gasteiger partial charge is 0.262 e. The number of hydrogen-bond donors (Lipinski definition) is 1. The summed E-state index contributed by atoms with van der Waals surface area (Å²) in [5.74, 6) is -2.06. The molecule has 0 unspecified atom stereocenters. The first-order chi connectivity index (χ1) is 13.7. The molecule has 0 bridgehead atoms. The molecule has 29 heavy (non-hydrogen) atoms. The number of sulfone groups is 1. The summed E-state index contributed by atoms with van der Waals surface area (Å²) in [5.41, 5.74) is 2.31. The minimum atomic E-state index is -3.39. The van der Waals surface area contributed by atoms with Crippen molar-refractivity contribution in [2.24, 2.45) is 0 Å². The number of imide groups is 1. The van der Waals surface area contributed by atoms with Crippen LogP contribution >= 0.6 is 0 Å². The van der Waals surface area contributed by atoms with Crippen LogP contribution in [0.2, 0.25) is 0 Å². The molecule has 1 N–H and O–H groups in total. The van der Waals surface area contributed by atoms with Crippen molar-refractivity contribution in [1.82, 2.24) is 10.2 Å². The lowest BCUT2D eigenvalue weighted by atomic mass is 10.1. The van der Waals surface area contributed by atoms with E-state index in [0.29, 0.717) is 0 Å². The standard InChI is InChI=1S/C21H22N2O5S/c1-14-7-3-4-8-15(14)13-22-19(24)18(11-12-29(2,27)28)23-20(25)16-9-5-6-10-17(16)21(23)26/h3-10,18H,11-13H2,1-2H3,(H,22,24)/t18-/m0/s1. The molecule has 152 valence electrons. The van der Waals surface area contributed by atoms with E-state index >= 15 is 0 Å². The van der Waals surface area contributed by atoms with E-state index in [0.717, 1.165) is 22.3 Å². The second-order valence-electron chi connectivity index (χ2n) is 7.10. The van der Waals surface area contributed by atoms with Crippen LogP contribution in [0.3, 0.4) is 0 Å². The van der Waals surface area contributed by atoms with E-state index in [2.05, 4.69) is 5.32 Å². The van der Waals surface area contributed by atoms with Crippen molar-refractivity contribution in [2.75, 3.05) is 12.0 Å². The normalized spacial score (nSPS) is 14.6. The van der Waals surface area contributed by atoms with Gasteiger partial charge in [-0.2, -0.15) is 0 Å².